The highest BCUT2D eigenvalue weighted by Crippen LogP contribution is 2.65. The van der Waals surface area contributed by atoms with Crippen molar-refractivity contribution < 1.29 is 0 Å². The van der Waals surface area contributed by atoms with E-state index in [-0.39, 0.29) is 0 Å². The fourth-order valence-electron chi connectivity index (χ4n) is 9.84. The van der Waals surface area contributed by atoms with Gasteiger partial charge in [-0.25, -0.2) is 29.9 Å². The molecule has 0 saturated carbocycles. The van der Waals surface area contributed by atoms with E-state index >= 15 is 0 Å². The number of benzene rings is 8. The minimum atomic E-state index is -0.929. The maximum atomic E-state index is 5.59. The summed E-state index contributed by atoms with van der Waals surface area (Å²) in [4.78, 5) is 32.5. The second-order valence-corrected chi connectivity index (χ2v) is 15.8. The molecule has 2 aromatic heterocycles. The van der Waals surface area contributed by atoms with Crippen LogP contribution in [0.3, 0.4) is 0 Å². The normalized spacial score (nSPS) is 16.8. The van der Waals surface area contributed by atoms with E-state index in [1.165, 1.54) is 0 Å². The first-order valence-electron chi connectivity index (χ1n) is 20.9. The number of nitrogens with zero attached hydrogens (tertiary/aromatic N) is 6. The van der Waals surface area contributed by atoms with Gasteiger partial charge in [0.15, 0.2) is 34.9 Å². The first kappa shape index (κ1) is 35.7. The van der Waals surface area contributed by atoms with Crippen molar-refractivity contribution in [3.05, 3.63) is 263 Å². The Morgan fingerprint density at radius 3 is 0.806 bits per heavy atom. The van der Waals surface area contributed by atoms with E-state index in [1.807, 2.05) is 60.7 Å². The lowest BCUT2D eigenvalue weighted by Crippen LogP contribution is -2.53. The van der Waals surface area contributed by atoms with Gasteiger partial charge in [0, 0.05) is 22.3 Å². The summed E-state index contributed by atoms with van der Waals surface area (Å²) in [6.07, 6.45) is 0. The van der Waals surface area contributed by atoms with Crippen molar-refractivity contribution in [1.29, 1.82) is 0 Å². The van der Waals surface area contributed by atoms with Crippen molar-refractivity contribution in [3.8, 4) is 56.7 Å². The summed E-state index contributed by atoms with van der Waals surface area (Å²) in [5, 5.41) is 0. The first-order valence-corrected chi connectivity index (χ1v) is 20.9. The van der Waals surface area contributed by atoms with Crippen LogP contribution < -0.4 is 0 Å². The fraction of sp³-hybridized carbons (Fsp3) is 0.0357. The third-order valence-corrected chi connectivity index (χ3v) is 12.5. The summed E-state index contributed by atoms with van der Waals surface area (Å²) >= 11 is 0. The van der Waals surface area contributed by atoms with Gasteiger partial charge in [-0.3, -0.25) is 0 Å². The van der Waals surface area contributed by atoms with Crippen LogP contribution in [0, 0.1) is 0 Å². The molecule has 0 unspecified atom stereocenters. The molecule has 0 atom stereocenters. The van der Waals surface area contributed by atoms with E-state index in [0.717, 1.165) is 66.8 Å². The fourth-order valence-corrected chi connectivity index (χ4v) is 9.84. The molecule has 290 valence electrons. The maximum absolute atomic E-state index is 5.59. The van der Waals surface area contributed by atoms with Gasteiger partial charge in [0.05, 0.1) is 0 Å². The van der Waals surface area contributed by atoms with Crippen LogP contribution in [0.4, 0.5) is 0 Å². The topological polar surface area (TPSA) is 77.3 Å². The average molecular weight is 793 g/mol. The Labute approximate surface area is 359 Å². The van der Waals surface area contributed by atoms with Crippen molar-refractivity contribution >= 4 is 0 Å². The van der Waals surface area contributed by atoms with Crippen molar-refractivity contribution in [2.75, 3.05) is 0 Å². The Morgan fingerprint density at radius 2 is 0.468 bits per heavy atom. The molecule has 10 aromatic rings. The zero-order valence-electron chi connectivity index (χ0n) is 33.5. The first-order chi connectivity index (χ1) is 30.7. The number of hydrogen-bond acceptors (Lipinski definition) is 6. The van der Waals surface area contributed by atoms with Crippen molar-refractivity contribution in [1.82, 2.24) is 29.9 Å². The molecule has 6 nitrogen and oxygen atoms in total. The van der Waals surface area contributed by atoms with Crippen LogP contribution in [0.25, 0.3) is 56.7 Å². The van der Waals surface area contributed by atoms with Gasteiger partial charge in [-0.05, 0) is 50.6 Å². The van der Waals surface area contributed by atoms with E-state index in [2.05, 4.69) is 158 Å². The van der Waals surface area contributed by atoms with Gasteiger partial charge in [-0.1, -0.05) is 212 Å². The molecule has 0 aliphatic heterocycles. The Hall–Kier alpha value is -8.22. The summed E-state index contributed by atoms with van der Waals surface area (Å²) in [5.41, 5.74) is 10.5. The van der Waals surface area contributed by atoms with Crippen LogP contribution in [-0.4, -0.2) is 29.9 Å². The molecular weight excluding hydrogens is 757 g/mol. The van der Waals surface area contributed by atoms with Crippen LogP contribution in [-0.2, 0) is 10.8 Å². The number of hydrogen-bond donors (Lipinski definition) is 0. The molecule has 0 saturated heterocycles. The molecule has 8 aromatic carbocycles. The van der Waals surface area contributed by atoms with E-state index in [0.29, 0.717) is 34.9 Å². The lowest BCUT2D eigenvalue weighted by Gasteiger charge is -2.55. The highest BCUT2D eigenvalue weighted by atomic mass is 15.1. The number of aromatic nitrogens is 6. The zero-order valence-corrected chi connectivity index (χ0v) is 33.5. The van der Waals surface area contributed by atoms with Crippen molar-refractivity contribution in [2.24, 2.45) is 0 Å². The molecular formula is C56H36N6. The van der Waals surface area contributed by atoms with Crippen LogP contribution in [0.1, 0.15) is 45.0 Å². The van der Waals surface area contributed by atoms with Gasteiger partial charge < -0.3 is 0 Å². The van der Waals surface area contributed by atoms with E-state index in [1.54, 1.807) is 0 Å². The molecule has 2 heterocycles. The second kappa shape index (κ2) is 14.2. The SMILES string of the molecule is c1ccc(-c2cccc(-c3nc(-c4ccccc4)nc(C45c6ccccc6C(c6nc(-c7ccccc7)nc(-c7ccccc7)n6)(c6ccccc64)c4ccccc45)n3)c2)cc1. The molecule has 3 aliphatic carbocycles. The van der Waals surface area contributed by atoms with Crippen LogP contribution in [0.5, 0.6) is 0 Å². The van der Waals surface area contributed by atoms with Gasteiger partial charge in [0.2, 0.25) is 0 Å². The van der Waals surface area contributed by atoms with E-state index in [4.69, 9.17) is 29.9 Å². The molecule has 6 heteroatoms. The second-order valence-electron chi connectivity index (χ2n) is 15.8. The third-order valence-electron chi connectivity index (χ3n) is 12.5. The summed E-state index contributed by atoms with van der Waals surface area (Å²) in [6.45, 7) is 0. The van der Waals surface area contributed by atoms with E-state index < -0.39 is 10.8 Å². The Kier molecular flexibility index (Phi) is 8.18. The minimum absolute atomic E-state index is 0.605. The van der Waals surface area contributed by atoms with Gasteiger partial charge >= 0.3 is 0 Å². The van der Waals surface area contributed by atoms with Crippen LogP contribution in [0.15, 0.2) is 218 Å². The van der Waals surface area contributed by atoms with Gasteiger partial charge in [0.1, 0.15) is 10.8 Å². The summed E-state index contributed by atoms with van der Waals surface area (Å²) in [7, 11) is 0. The molecule has 0 fully saturated rings. The molecule has 0 spiro atoms. The maximum Gasteiger partial charge on any atom is 0.163 e. The predicted molar refractivity (Wildman–Crippen MR) is 244 cm³/mol. The average Bonchev–Trinajstić information content (AvgIpc) is 3.37. The third kappa shape index (κ3) is 5.30. The summed E-state index contributed by atoms with van der Waals surface area (Å²) in [5.74, 6) is 3.76. The lowest BCUT2D eigenvalue weighted by atomic mass is 9.46. The lowest BCUT2D eigenvalue weighted by molar-refractivity contribution is 0.517. The predicted octanol–water partition coefficient (Wildman–Crippen LogP) is 11.8. The molecule has 0 amide bonds. The molecule has 62 heavy (non-hydrogen) atoms. The number of rotatable bonds is 7. The smallest absolute Gasteiger partial charge is 0.163 e. The Balaban J connectivity index is 1.18. The largest absolute Gasteiger partial charge is 0.211 e. The minimum Gasteiger partial charge on any atom is -0.211 e. The van der Waals surface area contributed by atoms with E-state index in [9.17, 15) is 0 Å². The molecule has 13 rings (SSSR count). The standard InChI is InChI=1S/C56H36N6/c1-5-20-37(21-6-1)41-28-19-29-42(36-41)52-58-51(40-26-11-4-12-27-40)61-54(62-52)56-46-33-16-13-30-43(46)55(44-31-14-17-34-47(44)56,45-32-15-18-35-48(45)56)53-59-49(38-22-7-2-8-23-38)57-50(60-53)39-24-9-3-10-25-39/h1-36H. The van der Waals surface area contributed by atoms with Gasteiger partial charge in [-0.2, -0.15) is 0 Å². The molecule has 3 aliphatic rings. The van der Waals surface area contributed by atoms with Crippen LogP contribution in [0.2, 0.25) is 0 Å². The molecule has 0 N–H and O–H groups in total. The van der Waals surface area contributed by atoms with Crippen molar-refractivity contribution in [2.45, 2.75) is 10.8 Å². The molecule has 0 radical (unpaired) electrons. The zero-order chi connectivity index (χ0) is 41.1. The highest BCUT2D eigenvalue weighted by Gasteiger charge is 2.62. The summed E-state index contributed by atoms with van der Waals surface area (Å²) in [6, 6.07) is 75.8. The quantitative estimate of drug-likeness (QED) is 0.160. The Morgan fingerprint density at radius 1 is 0.210 bits per heavy atom. The van der Waals surface area contributed by atoms with Gasteiger partial charge in [0.25, 0.3) is 0 Å². The monoisotopic (exact) mass is 792 g/mol. The highest BCUT2D eigenvalue weighted by molar-refractivity contribution is 5.81. The summed E-state index contributed by atoms with van der Waals surface area (Å²) < 4.78 is 0. The van der Waals surface area contributed by atoms with Crippen LogP contribution >= 0.6 is 0 Å². The van der Waals surface area contributed by atoms with Gasteiger partial charge in [-0.15, -0.1) is 0 Å². The Bertz CT molecular complexity index is 3120. The van der Waals surface area contributed by atoms with Crippen molar-refractivity contribution in [3.63, 3.8) is 0 Å². The molecule has 2 bridgehead atoms.